The zero-order chi connectivity index (χ0) is 12.1. The van der Waals surface area contributed by atoms with E-state index in [1.165, 1.54) is 4.52 Å². The van der Waals surface area contributed by atoms with Gasteiger partial charge in [-0.05, 0) is 12.1 Å². The fourth-order valence-electron chi connectivity index (χ4n) is 1.33. The molecule has 8 heteroatoms. The molecule has 0 aromatic carbocycles. The third-order valence-electron chi connectivity index (χ3n) is 2.09. The fourth-order valence-corrected chi connectivity index (χ4v) is 1.33. The van der Waals surface area contributed by atoms with Gasteiger partial charge < -0.3 is 15.8 Å². The summed E-state index contributed by atoms with van der Waals surface area (Å²) in [5.41, 5.74) is 5.41. The van der Waals surface area contributed by atoms with E-state index in [1.54, 1.807) is 12.1 Å². The van der Waals surface area contributed by atoms with E-state index in [4.69, 9.17) is 10.5 Å². The Morgan fingerprint density at radius 2 is 2.35 bits per heavy atom. The average Bonchev–Trinajstić information content (AvgIpc) is 2.71. The van der Waals surface area contributed by atoms with Crippen LogP contribution in [0.1, 0.15) is 0 Å². The Labute approximate surface area is 96.8 Å². The number of nitrogens with two attached hydrogens (primary N) is 1. The van der Waals surface area contributed by atoms with Crippen molar-refractivity contribution in [1.29, 1.82) is 0 Å². The number of rotatable bonds is 6. The second-order valence-electron chi connectivity index (χ2n) is 3.35. The summed E-state index contributed by atoms with van der Waals surface area (Å²) in [5.74, 6) is 0.595. The number of aromatic amines is 1. The molecule has 0 bridgehead atoms. The molecule has 0 saturated heterocycles. The van der Waals surface area contributed by atoms with Crippen LogP contribution in [-0.2, 0) is 4.74 Å². The van der Waals surface area contributed by atoms with Gasteiger partial charge in [-0.15, -0.1) is 5.10 Å². The molecule has 2 aromatic heterocycles. The molecule has 92 valence electrons. The molecule has 8 nitrogen and oxygen atoms in total. The number of nitrogens with zero attached hydrogens (tertiary/aromatic N) is 3. The van der Waals surface area contributed by atoms with Gasteiger partial charge in [0.2, 0.25) is 0 Å². The number of hydrogen-bond acceptors (Lipinski definition) is 6. The van der Waals surface area contributed by atoms with Gasteiger partial charge in [0.15, 0.2) is 5.65 Å². The largest absolute Gasteiger partial charge is 0.378 e. The van der Waals surface area contributed by atoms with Crippen LogP contribution < -0.4 is 16.7 Å². The van der Waals surface area contributed by atoms with Gasteiger partial charge in [0, 0.05) is 13.1 Å². The number of anilines is 1. The number of hydrogen-bond donors (Lipinski definition) is 3. The zero-order valence-electron chi connectivity index (χ0n) is 9.22. The molecule has 0 aliphatic carbocycles. The Kier molecular flexibility index (Phi) is 3.68. The lowest BCUT2D eigenvalue weighted by molar-refractivity contribution is 0.151. The standard InChI is InChI=1S/C9H14N6O2/c10-3-5-17-6-4-11-7-1-2-8-12-13-9(16)15(8)14-7/h1-2H,3-6,10H2,(H,11,14)(H,13,16). The molecule has 0 radical (unpaired) electrons. The van der Waals surface area contributed by atoms with Crippen LogP contribution in [0, 0.1) is 0 Å². The molecule has 0 saturated carbocycles. The highest BCUT2D eigenvalue weighted by molar-refractivity contribution is 5.42. The molecular formula is C9H14N6O2. The maximum Gasteiger partial charge on any atom is 0.364 e. The summed E-state index contributed by atoms with van der Waals surface area (Å²) >= 11 is 0. The van der Waals surface area contributed by atoms with Crippen LogP contribution in [0.25, 0.3) is 5.65 Å². The Morgan fingerprint density at radius 3 is 3.18 bits per heavy atom. The molecule has 17 heavy (non-hydrogen) atoms. The van der Waals surface area contributed by atoms with E-state index < -0.39 is 0 Å². The minimum absolute atomic E-state index is 0.358. The van der Waals surface area contributed by atoms with Crippen molar-refractivity contribution in [2.75, 3.05) is 31.6 Å². The zero-order valence-corrected chi connectivity index (χ0v) is 9.22. The number of ether oxygens (including phenoxy) is 1. The summed E-state index contributed by atoms with van der Waals surface area (Å²) in [6, 6.07) is 3.45. The van der Waals surface area contributed by atoms with Crippen molar-refractivity contribution in [1.82, 2.24) is 19.8 Å². The Balaban J connectivity index is 1.94. The highest BCUT2D eigenvalue weighted by Crippen LogP contribution is 2.01. The Hall–Kier alpha value is -1.93. The van der Waals surface area contributed by atoms with Crippen LogP contribution >= 0.6 is 0 Å². The highest BCUT2D eigenvalue weighted by atomic mass is 16.5. The highest BCUT2D eigenvalue weighted by Gasteiger charge is 2.01. The van der Waals surface area contributed by atoms with Gasteiger partial charge in [-0.1, -0.05) is 0 Å². The van der Waals surface area contributed by atoms with Crippen molar-refractivity contribution in [2.45, 2.75) is 0 Å². The maximum absolute atomic E-state index is 11.3. The fraction of sp³-hybridized carbons (Fsp3) is 0.444. The van der Waals surface area contributed by atoms with Crippen LogP contribution in [0.3, 0.4) is 0 Å². The number of fused-ring (bicyclic) bond motifs is 1. The first-order chi connectivity index (χ1) is 8.31. The number of H-pyrrole nitrogens is 1. The van der Waals surface area contributed by atoms with E-state index >= 15 is 0 Å². The normalized spacial score (nSPS) is 10.9. The lowest BCUT2D eigenvalue weighted by Crippen LogP contribution is -2.17. The van der Waals surface area contributed by atoms with Gasteiger partial charge in [-0.2, -0.15) is 9.61 Å². The predicted molar refractivity (Wildman–Crippen MR) is 62.0 cm³/mol. The monoisotopic (exact) mass is 238 g/mol. The first-order valence-corrected chi connectivity index (χ1v) is 5.27. The van der Waals surface area contributed by atoms with Gasteiger partial charge in [-0.3, -0.25) is 0 Å². The van der Waals surface area contributed by atoms with E-state index in [0.29, 0.717) is 37.8 Å². The minimum Gasteiger partial charge on any atom is -0.378 e. The van der Waals surface area contributed by atoms with Crippen molar-refractivity contribution in [3.8, 4) is 0 Å². The maximum atomic E-state index is 11.3. The molecular weight excluding hydrogens is 224 g/mol. The molecule has 2 rings (SSSR count). The van der Waals surface area contributed by atoms with Gasteiger partial charge in [0.05, 0.1) is 13.2 Å². The van der Waals surface area contributed by atoms with Crippen LogP contribution in [-0.4, -0.2) is 46.1 Å². The summed E-state index contributed by atoms with van der Waals surface area (Å²) < 4.78 is 6.40. The van der Waals surface area contributed by atoms with Crippen molar-refractivity contribution < 1.29 is 4.74 Å². The Morgan fingerprint density at radius 1 is 1.47 bits per heavy atom. The first-order valence-electron chi connectivity index (χ1n) is 5.27. The van der Waals surface area contributed by atoms with Crippen molar-refractivity contribution in [2.24, 2.45) is 5.73 Å². The van der Waals surface area contributed by atoms with E-state index in [-0.39, 0.29) is 5.69 Å². The third kappa shape index (κ3) is 2.80. The molecule has 4 N–H and O–H groups in total. The second-order valence-corrected chi connectivity index (χ2v) is 3.35. The van der Waals surface area contributed by atoms with Gasteiger partial charge in [0.25, 0.3) is 0 Å². The van der Waals surface area contributed by atoms with E-state index in [2.05, 4.69) is 20.6 Å². The van der Waals surface area contributed by atoms with Crippen molar-refractivity contribution in [3.05, 3.63) is 22.6 Å². The van der Waals surface area contributed by atoms with Crippen LogP contribution in [0.5, 0.6) is 0 Å². The molecule has 0 fully saturated rings. The molecule has 2 heterocycles. The summed E-state index contributed by atoms with van der Waals surface area (Å²) in [4.78, 5) is 11.3. The Bertz CT molecular complexity index is 534. The van der Waals surface area contributed by atoms with Crippen LogP contribution in [0.4, 0.5) is 5.82 Å². The molecule has 0 aliphatic heterocycles. The predicted octanol–water partition coefficient (Wildman–Crippen LogP) is -1.20. The molecule has 2 aromatic rings. The summed E-state index contributed by atoms with van der Waals surface area (Å²) in [6.07, 6.45) is 0. The second kappa shape index (κ2) is 5.41. The van der Waals surface area contributed by atoms with Crippen molar-refractivity contribution >= 4 is 11.5 Å². The van der Waals surface area contributed by atoms with Crippen LogP contribution in [0.2, 0.25) is 0 Å². The average molecular weight is 238 g/mol. The van der Waals surface area contributed by atoms with E-state index in [0.717, 1.165) is 0 Å². The molecule has 0 aliphatic rings. The lowest BCUT2D eigenvalue weighted by Gasteiger charge is -2.05. The van der Waals surface area contributed by atoms with E-state index in [9.17, 15) is 4.79 Å². The van der Waals surface area contributed by atoms with Gasteiger partial charge in [0.1, 0.15) is 5.82 Å². The number of aromatic nitrogens is 4. The number of nitrogens with one attached hydrogen (secondary N) is 2. The topological polar surface area (TPSA) is 110 Å². The lowest BCUT2D eigenvalue weighted by atomic mass is 10.5. The quantitative estimate of drug-likeness (QED) is 0.545. The first kappa shape index (κ1) is 11.6. The molecule has 0 unspecified atom stereocenters. The molecule has 0 spiro atoms. The molecule has 0 atom stereocenters. The summed E-state index contributed by atoms with van der Waals surface area (Å²) in [6.45, 7) is 2.19. The summed E-state index contributed by atoms with van der Waals surface area (Å²) in [7, 11) is 0. The van der Waals surface area contributed by atoms with Crippen LogP contribution in [0.15, 0.2) is 16.9 Å². The van der Waals surface area contributed by atoms with E-state index in [1.807, 2.05) is 0 Å². The third-order valence-corrected chi connectivity index (χ3v) is 2.09. The summed E-state index contributed by atoms with van der Waals surface area (Å²) in [5, 5.41) is 13.2. The molecule has 0 amide bonds. The van der Waals surface area contributed by atoms with Gasteiger partial charge in [-0.25, -0.2) is 9.89 Å². The van der Waals surface area contributed by atoms with Gasteiger partial charge >= 0.3 is 5.69 Å². The smallest absolute Gasteiger partial charge is 0.364 e. The SMILES string of the molecule is NCCOCCNc1ccc2n[nH]c(=O)n2n1. The minimum atomic E-state index is -0.358. The van der Waals surface area contributed by atoms with Crippen molar-refractivity contribution in [3.63, 3.8) is 0 Å².